The van der Waals surface area contributed by atoms with Gasteiger partial charge in [0.15, 0.2) is 0 Å². The predicted molar refractivity (Wildman–Crippen MR) is 203 cm³/mol. The molecule has 2 nitrogen and oxygen atoms in total. The molecule has 1 aromatic rings. The molecule has 1 radical (unpaired) electrons. The van der Waals surface area contributed by atoms with E-state index < -0.39 is 0 Å². The summed E-state index contributed by atoms with van der Waals surface area (Å²) in [7, 11) is 8.60. The van der Waals surface area contributed by atoms with Crippen molar-refractivity contribution in [2.75, 3.05) is 25.0 Å². The first kappa shape index (κ1) is 43.8. The fourth-order valence-corrected chi connectivity index (χ4v) is 5.90. The van der Waals surface area contributed by atoms with E-state index in [1.807, 2.05) is 33.0 Å². The molecule has 0 amide bonds. The molecule has 0 aliphatic heterocycles. The van der Waals surface area contributed by atoms with Crippen LogP contribution in [0.3, 0.4) is 0 Å². The summed E-state index contributed by atoms with van der Waals surface area (Å²) in [6.07, 6.45) is 14.4. The molecule has 44 heavy (non-hydrogen) atoms. The zero-order chi connectivity index (χ0) is 34.2. The third kappa shape index (κ3) is 14.2. The minimum absolute atomic E-state index is 0.0364. The number of hydrogen-bond acceptors (Lipinski definition) is 2. The Morgan fingerprint density at radius 2 is 1.55 bits per heavy atom. The van der Waals surface area contributed by atoms with Gasteiger partial charge in [-0.3, -0.25) is 0 Å². The molecule has 3 unspecified atom stereocenters. The monoisotopic (exact) mass is 608 g/mol. The second-order valence-electron chi connectivity index (χ2n) is 11.9. The van der Waals surface area contributed by atoms with Gasteiger partial charge in [0, 0.05) is 0 Å². The van der Waals surface area contributed by atoms with Crippen molar-refractivity contribution < 1.29 is 4.39 Å². The van der Waals surface area contributed by atoms with Crippen molar-refractivity contribution in [3.8, 4) is 0 Å². The molecule has 1 aromatic carbocycles. The normalized spacial score (nSPS) is 15.1. The number of benzene rings is 1. The van der Waals surface area contributed by atoms with Gasteiger partial charge in [-0.15, -0.1) is 13.2 Å². The number of nitrogens with one attached hydrogen (secondary N) is 1. The molecular weight excluding hydrogens is 538 g/mol. The Bertz CT molecular complexity index is 974. The molecule has 1 aliphatic carbocycles. The van der Waals surface area contributed by atoms with Crippen molar-refractivity contribution in [1.82, 2.24) is 5.32 Å². The van der Waals surface area contributed by atoms with Crippen LogP contribution in [0.5, 0.6) is 0 Å². The van der Waals surface area contributed by atoms with Gasteiger partial charge in [-0.2, -0.15) is 0 Å². The molecule has 0 spiro atoms. The van der Waals surface area contributed by atoms with Crippen LogP contribution in [0.25, 0.3) is 5.57 Å². The number of hydrogen-bond donors (Lipinski definition) is 1. The molecule has 0 fully saturated rings. The van der Waals surface area contributed by atoms with Crippen molar-refractivity contribution in [2.45, 2.75) is 120 Å². The van der Waals surface area contributed by atoms with E-state index in [9.17, 15) is 0 Å². The third-order valence-electron chi connectivity index (χ3n) is 8.00. The fraction of sp³-hybridized carbons (Fsp3) is 0.625. The summed E-state index contributed by atoms with van der Waals surface area (Å²) < 4.78 is 15.1. The zero-order valence-corrected chi connectivity index (χ0v) is 30.6. The molecule has 0 saturated carbocycles. The van der Waals surface area contributed by atoms with Crippen LogP contribution in [0, 0.1) is 29.5 Å². The maximum atomic E-state index is 15.1. The maximum absolute atomic E-state index is 15.1. The second kappa shape index (κ2) is 25.9. The molecule has 3 atom stereocenters. The van der Waals surface area contributed by atoms with E-state index >= 15 is 4.39 Å². The SMILES string of the molecule is C=C.CC.CCCC(C)CCC(C)C.[B]=C1c2cc(F)c(N(CCC)CCC)cc2C(=C)C1C(CCC=C)C(=CCC)NC. The summed E-state index contributed by atoms with van der Waals surface area (Å²) in [5.41, 5.74) is 5.33. The molecular formula is C40H69BFN2. The molecule has 0 heterocycles. The Balaban J connectivity index is 0. The van der Waals surface area contributed by atoms with Crippen molar-refractivity contribution >= 4 is 24.2 Å². The Morgan fingerprint density at radius 1 is 0.955 bits per heavy atom. The topological polar surface area (TPSA) is 15.3 Å². The van der Waals surface area contributed by atoms with E-state index in [1.54, 1.807) is 6.07 Å². The van der Waals surface area contributed by atoms with Crippen LogP contribution in [0.15, 0.2) is 56.3 Å². The van der Waals surface area contributed by atoms with Gasteiger partial charge in [-0.05, 0) is 11.8 Å². The molecule has 0 bridgehead atoms. The van der Waals surface area contributed by atoms with E-state index in [-0.39, 0.29) is 17.7 Å². The first-order valence-corrected chi connectivity index (χ1v) is 17.5. The van der Waals surface area contributed by atoms with Gasteiger partial charge in [0.1, 0.15) is 0 Å². The number of fused-ring (bicyclic) bond motifs is 1. The summed E-state index contributed by atoms with van der Waals surface area (Å²) in [6, 6.07) is 3.59. The minimum atomic E-state index is -0.201. The quantitative estimate of drug-likeness (QED) is 0.140. The van der Waals surface area contributed by atoms with Crippen LogP contribution in [-0.2, 0) is 0 Å². The number of rotatable bonds is 17. The molecule has 0 aromatic heterocycles. The standard InChI is InChI=1S/C26H37BFN2.C10H22.C2H6.C2H4/c1-7-11-13-19(23(29-6)12-8-2)25-18(5)20-17-24(30(14-9-3)15-10-4)22(28)16-21(20)26(25)27;1-5-6-10(4)8-7-9(2)3;2*1-2/h7,12,16-17,19,25,29H,1,5,8-11,13-15H2,2-4,6H3;9-10H,5-8H2,1-4H3;1-2H3;1-2H2. The van der Waals surface area contributed by atoms with Crippen molar-refractivity contribution in [2.24, 2.45) is 23.7 Å². The van der Waals surface area contributed by atoms with Crippen molar-refractivity contribution in [1.29, 1.82) is 0 Å². The fourth-order valence-electron chi connectivity index (χ4n) is 5.90. The van der Waals surface area contributed by atoms with Gasteiger partial charge in [0.05, 0.1) is 0 Å². The Morgan fingerprint density at radius 3 is 2.00 bits per heavy atom. The number of halogens is 1. The number of nitrogens with zero attached hydrogens (tertiary/aromatic N) is 1. The summed E-state index contributed by atoms with van der Waals surface area (Å²) in [4.78, 5) is 2.14. The van der Waals surface area contributed by atoms with Gasteiger partial charge in [-0.25, -0.2) is 0 Å². The van der Waals surface area contributed by atoms with E-state index in [4.69, 9.17) is 7.49 Å². The van der Waals surface area contributed by atoms with Gasteiger partial charge in [-0.1, -0.05) is 67.2 Å². The number of anilines is 1. The molecule has 1 N–H and O–H groups in total. The predicted octanol–water partition coefficient (Wildman–Crippen LogP) is 11.6. The van der Waals surface area contributed by atoms with Crippen LogP contribution >= 0.6 is 0 Å². The van der Waals surface area contributed by atoms with Crippen LogP contribution in [0.4, 0.5) is 10.1 Å². The van der Waals surface area contributed by atoms with Crippen LogP contribution in [0.2, 0.25) is 0 Å². The molecule has 1 aliphatic rings. The van der Waals surface area contributed by atoms with Gasteiger partial charge in [0.2, 0.25) is 0 Å². The average Bonchev–Trinajstić information content (AvgIpc) is 3.25. The van der Waals surface area contributed by atoms with Crippen molar-refractivity contribution in [3.05, 3.63) is 73.2 Å². The molecule has 2 rings (SSSR count). The Kier molecular flexibility index (Phi) is 25.8. The second-order valence-corrected chi connectivity index (χ2v) is 11.9. The first-order valence-electron chi connectivity index (χ1n) is 17.5. The molecule has 0 saturated heterocycles. The van der Waals surface area contributed by atoms with E-state index in [1.165, 1.54) is 31.4 Å². The van der Waals surface area contributed by atoms with E-state index in [2.05, 4.69) is 91.1 Å². The van der Waals surface area contributed by atoms with Gasteiger partial charge >= 0.3 is 184 Å². The van der Waals surface area contributed by atoms with Gasteiger partial charge in [0.25, 0.3) is 0 Å². The third-order valence-corrected chi connectivity index (χ3v) is 8.00. The van der Waals surface area contributed by atoms with E-state index in [0.717, 1.165) is 79.2 Å². The summed E-state index contributed by atoms with van der Waals surface area (Å²) >= 11 is 0. The summed E-state index contributed by atoms with van der Waals surface area (Å²) in [6.45, 7) is 35.6. The summed E-state index contributed by atoms with van der Waals surface area (Å²) in [5, 5.41) is 3.37. The van der Waals surface area contributed by atoms with Crippen LogP contribution in [-0.4, -0.2) is 33.1 Å². The zero-order valence-electron chi connectivity index (χ0n) is 30.6. The van der Waals surface area contributed by atoms with Crippen molar-refractivity contribution in [3.63, 3.8) is 0 Å². The van der Waals surface area contributed by atoms with Crippen LogP contribution < -0.4 is 10.2 Å². The average molecular weight is 608 g/mol. The Hall–Kier alpha value is -2.36. The first-order chi connectivity index (χ1) is 21.1. The van der Waals surface area contributed by atoms with Gasteiger partial charge < -0.3 is 0 Å². The molecule has 4 heteroatoms. The van der Waals surface area contributed by atoms with E-state index in [0.29, 0.717) is 5.69 Å². The summed E-state index contributed by atoms with van der Waals surface area (Å²) in [5.74, 6) is 1.77. The molecule has 249 valence electrons. The number of allylic oxidation sites excluding steroid dienone is 4. The Labute approximate surface area is 275 Å². The van der Waals surface area contributed by atoms with Crippen LogP contribution in [0.1, 0.15) is 131 Å².